The summed E-state index contributed by atoms with van der Waals surface area (Å²) in [5.74, 6) is 2.40. The van der Waals surface area contributed by atoms with E-state index >= 15 is 0 Å². The van der Waals surface area contributed by atoms with Gasteiger partial charge in [0.2, 0.25) is 5.91 Å². The van der Waals surface area contributed by atoms with Crippen molar-refractivity contribution in [2.75, 3.05) is 29.9 Å². The number of hydrogen-bond donors (Lipinski definition) is 1. The van der Waals surface area contributed by atoms with E-state index in [1.807, 2.05) is 63.2 Å². The molecule has 2 aromatic heterocycles. The number of ether oxygens (including phenoxy) is 1. The summed E-state index contributed by atoms with van der Waals surface area (Å²) >= 11 is 0. The van der Waals surface area contributed by atoms with Gasteiger partial charge in [-0.05, 0) is 76.1 Å². The van der Waals surface area contributed by atoms with Crippen molar-refractivity contribution in [2.45, 2.75) is 33.6 Å². The lowest BCUT2D eigenvalue weighted by molar-refractivity contribution is -0.120. The van der Waals surface area contributed by atoms with Crippen LogP contribution in [0.4, 0.5) is 11.5 Å². The van der Waals surface area contributed by atoms with E-state index in [1.165, 1.54) is 0 Å². The third-order valence-electron chi connectivity index (χ3n) is 5.49. The van der Waals surface area contributed by atoms with E-state index in [9.17, 15) is 4.79 Å². The third kappa shape index (κ3) is 4.84. The van der Waals surface area contributed by atoms with Crippen LogP contribution in [0.5, 0.6) is 5.75 Å². The first-order chi connectivity index (χ1) is 15.0. The quantitative estimate of drug-likeness (QED) is 0.657. The van der Waals surface area contributed by atoms with Gasteiger partial charge >= 0.3 is 0 Å². The zero-order valence-corrected chi connectivity index (χ0v) is 18.2. The fourth-order valence-corrected chi connectivity index (χ4v) is 3.88. The minimum atomic E-state index is -0.00949. The first-order valence-corrected chi connectivity index (χ1v) is 10.7. The summed E-state index contributed by atoms with van der Waals surface area (Å²) in [7, 11) is 0. The van der Waals surface area contributed by atoms with Gasteiger partial charge in [-0.1, -0.05) is 0 Å². The third-order valence-corrected chi connectivity index (χ3v) is 5.49. The maximum absolute atomic E-state index is 12.7. The van der Waals surface area contributed by atoms with Crippen molar-refractivity contribution >= 4 is 17.4 Å². The average molecular weight is 421 g/mol. The number of amides is 1. The van der Waals surface area contributed by atoms with E-state index < -0.39 is 0 Å². The fourth-order valence-electron chi connectivity index (χ4n) is 3.88. The van der Waals surface area contributed by atoms with E-state index in [0.717, 1.165) is 54.6 Å². The van der Waals surface area contributed by atoms with E-state index in [1.54, 1.807) is 4.68 Å². The van der Waals surface area contributed by atoms with Crippen LogP contribution in [0.2, 0.25) is 0 Å². The van der Waals surface area contributed by atoms with E-state index in [2.05, 4.69) is 25.5 Å². The topological polar surface area (TPSA) is 85.2 Å². The van der Waals surface area contributed by atoms with Crippen molar-refractivity contribution < 1.29 is 9.53 Å². The lowest BCUT2D eigenvalue weighted by Crippen LogP contribution is -2.38. The molecule has 4 rings (SSSR count). The van der Waals surface area contributed by atoms with Crippen LogP contribution in [-0.2, 0) is 4.79 Å². The second-order valence-electron chi connectivity index (χ2n) is 7.80. The molecular weight excluding hydrogens is 392 g/mol. The van der Waals surface area contributed by atoms with Gasteiger partial charge in [0.05, 0.1) is 12.3 Å². The zero-order valence-electron chi connectivity index (χ0n) is 18.2. The molecule has 1 aromatic carbocycles. The van der Waals surface area contributed by atoms with Crippen LogP contribution in [0, 0.1) is 19.8 Å². The number of carbonyl (C=O) groups is 1. The molecule has 1 amide bonds. The molecule has 3 heterocycles. The predicted octanol–water partition coefficient (Wildman–Crippen LogP) is 3.53. The van der Waals surface area contributed by atoms with Crippen LogP contribution in [0.25, 0.3) is 5.82 Å². The molecular formula is C23H28N6O2. The Balaban J connectivity index is 1.32. The van der Waals surface area contributed by atoms with Gasteiger partial charge in [0.25, 0.3) is 0 Å². The second-order valence-corrected chi connectivity index (χ2v) is 7.80. The van der Waals surface area contributed by atoms with Crippen molar-refractivity contribution in [3.05, 3.63) is 53.9 Å². The Morgan fingerprint density at radius 3 is 2.32 bits per heavy atom. The smallest absolute Gasteiger partial charge is 0.227 e. The van der Waals surface area contributed by atoms with Gasteiger partial charge in [0.1, 0.15) is 5.75 Å². The summed E-state index contributed by atoms with van der Waals surface area (Å²) in [6.07, 6.45) is 1.56. The minimum Gasteiger partial charge on any atom is -0.494 e. The van der Waals surface area contributed by atoms with Gasteiger partial charge in [0, 0.05) is 30.4 Å². The minimum absolute atomic E-state index is 0.00949. The normalized spacial score (nSPS) is 14.5. The highest BCUT2D eigenvalue weighted by molar-refractivity contribution is 5.92. The van der Waals surface area contributed by atoms with E-state index in [4.69, 9.17) is 4.74 Å². The molecule has 0 saturated carbocycles. The van der Waals surface area contributed by atoms with E-state index in [-0.39, 0.29) is 11.8 Å². The SMILES string of the molecule is CCOc1ccc(NC(=O)C2CCN(c3ccc(-n4nc(C)cc4C)nn3)CC2)cc1. The van der Waals surface area contributed by atoms with E-state index in [0.29, 0.717) is 12.4 Å². The molecule has 1 aliphatic heterocycles. The Hall–Kier alpha value is -3.42. The number of hydrogen-bond acceptors (Lipinski definition) is 6. The number of piperidine rings is 1. The summed E-state index contributed by atoms with van der Waals surface area (Å²) in [5, 5.41) is 16.2. The van der Waals surface area contributed by atoms with Crippen LogP contribution in [0.1, 0.15) is 31.2 Å². The number of rotatable bonds is 6. The molecule has 1 fully saturated rings. The summed E-state index contributed by atoms with van der Waals surface area (Å²) in [6.45, 7) is 8.08. The number of carbonyl (C=O) groups excluding carboxylic acids is 1. The maximum Gasteiger partial charge on any atom is 0.227 e. The molecule has 0 bridgehead atoms. The van der Waals surface area contributed by atoms with Gasteiger partial charge in [-0.2, -0.15) is 5.10 Å². The monoisotopic (exact) mass is 420 g/mol. The molecule has 8 heteroatoms. The molecule has 3 aromatic rings. The Labute approximate surface area is 182 Å². The molecule has 0 spiro atoms. The largest absolute Gasteiger partial charge is 0.494 e. The van der Waals surface area contributed by atoms with Gasteiger partial charge in [-0.15, -0.1) is 10.2 Å². The number of nitrogens with one attached hydrogen (secondary N) is 1. The van der Waals surface area contributed by atoms with Gasteiger partial charge in [-0.25, -0.2) is 4.68 Å². The predicted molar refractivity (Wildman–Crippen MR) is 120 cm³/mol. The highest BCUT2D eigenvalue weighted by atomic mass is 16.5. The molecule has 0 aliphatic carbocycles. The summed E-state index contributed by atoms with van der Waals surface area (Å²) in [6, 6.07) is 13.4. The Bertz CT molecular complexity index is 1020. The summed E-state index contributed by atoms with van der Waals surface area (Å²) in [5.41, 5.74) is 2.77. The van der Waals surface area contributed by atoms with Crippen molar-refractivity contribution in [2.24, 2.45) is 5.92 Å². The summed E-state index contributed by atoms with van der Waals surface area (Å²) in [4.78, 5) is 14.8. The van der Waals surface area contributed by atoms with Crippen LogP contribution >= 0.6 is 0 Å². The first kappa shape index (κ1) is 20.8. The molecule has 1 saturated heterocycles. The lowest BCUT2D eigenvalue weighted by atomic mass is 9.96. The molecule has 0 radical (unpaired) electrons. The van der Waals surface area contributed by atoms with Crippen LogP contribution in [-0.4, -0.2) is 45.6 Å². The maximum atomic E-state index is 12.7. The summed E-state index contributed by atoms with van der Waals surface area (Å²) < 4.78 is 7.24. The van der Waals surface area contributed by atoms with Crippen molar-refractivity contribution in [1.82, 2.24) is 20.0 Å². The van der Waals surface area contributed by atoms with Crippen LogP contribution in [0.3, 0.4) is 0 Å². The first-order valence-electron chi connectivity index (χ1n) is 10.7. The second kappa shape index (κ2) is 9.16. The molecule has 162 valence electrons. The number of anilines is 2. The highest BCUT2D eigenvalue weighted by Crippen LogP contribution is 2.24. The van der Waals surface area contributed by atoms with Crippen molar-refractivity contribution in [1.29, 1.82) is 0 Å². The Morgan fingerprint density at radius 1 is 1.06 bits per heavy atom. The molecule has 0 atom stereocenters. The van der Waals surface area contributed by atoms with Crippen molar-refractivity contribution in [3.63, 3.8) is 0 Å². The van der Waals surface area contributed by atoms with Crippen LogP contribution < -0.4 is 15.0 Å². The van der Waals surface area contributed by atoms with Gasteiger partial charge in [0.15, 0.2) is 11.6 Å². The highest BCUT2D eigenvalue weighted by Gasteiger charge is 2.26. The number of aromatic nitrogens is 4. The molecule has 8 nitrogen and oxygen atoms in total. The van der Waals surface area contributed by atoms with Crippen LogP contribution in [0.15, 0.2) is 42.5 Å². The number of benzene rings is 1. The number of aryl methyl sites for hydroxylation is 2. The lowest BCUT2D eigenvalue weighted by Gasteiger charge is -2.31. The molecule has 1 N–H and O–H groups in total. The van der Waals surface area contributed by atoms with Gasteiger partial charge < -0.3 is 15.0 Å². The molecule has 0 unspecified atom stereocenters. The molecule has 31 heavy (non-hydrogen) atoms. The molecule has 1 aliphatic rings. The Morgan fingerprint density at radius 2 is 1.74 bits per heavy atom. The fraction of sp³-hybridized carbons (Fsp3) is 0.391. The van der Waals surface area contributed by atoms with Gasteiger partial charge in [-0.3, -0.25) is 4.79 Å². The average Bonchev–Trinajstić information content (AvgIpc) is 3.13. The number of nitrogens with zero attached hydrogens (tertiary/aromatic N) is 5. The Kier molecular flexibility index (Phi) is 6.16. The zero-order chi connectivity index (χ0) is 21.8. The van der Waals surface area contributed by atoms with Crippen molar-refractivity contribution in [3.8, 4) is 11.6 Å². The standard InChI is InChI=1S/C23H28N6O2/c1-4-31-20-7-5-19(6-8-20)24-23(30)18-11-13-28(14-12-18)21-9-10-22(26-25-21)29-17(3)15-16(2)27-29/h5-10,15,18H,4,11-14H2,1-3H3,(H,24,30).